The van der Waals surface area contributed by atoms with Gasteiger partial charge in [-0.05, 0) is 18.8 Å². The van der Waals surface area contributed by atoms with Gasteiger partial charge in [-0.2, -0.15) is 5.10 Å². The molecule has 6 heteroatoms. The molecule has 6 nitrogen and oxygen atoms in total. The minimum atomic E-state index is 0.429. The van der Waals surface area contributed by atoms with Crippen LogP contribution in [0.5, 0.6) is 0 Å². The van der Waals surface area contributed by atoms with Crippen molar-refractivity contribution >= 4 is 11.6 Å². The Kier molecular flexibility index (Phi) is 5.08. The number of fused-ring (bicyclic) bond motifs is 1. The fourth-order valence-corrected chi connectivity index (χ4v) is 3.94. The van der Waals surface area contributed by atoms with E-state index in [0.29, 0.717) is 12.0 Å². The predicted molar refractivity (Wildman–Crippen MR) is 101 cm³/mol. The summed E-state index contributed by atoms with van der Waals surface area (Å²) in [4.78, 5) is 9.53. The smallest absolute Gasteiger partial charge is 0.153 e. The Bertz CT molecular complexity index is 718. The summed E-state index contributed by atoms with van der Waals surface area (Å²) in [6, 6.07) is 2.73. The van der Waals surface area contributed by atoms with E-state index in [4.69, 9.17) is 9.97 Å². The normalized spacial score (nSPS) is 20.1. The number of hydrogen-bond acceptors (Lipinski definition) is 4. The highest BCUT2D eigenvalue weighted by atomic mass is 15.4. The summed E-state index contributed by atoms with van der Waals surface area (Å²) in [6.07, 6.45) is 5.26. The SMILES string of the molecule is CCC(CC)[N+]1(C)CCc2nc(Nc3cc(C(C)C)[nH]n3)cnc2C1. The summed E-state index contributed by atoms with van der Waals surface area (Å²) in [5.74, 6) is 2.00. The Morgan fingerprint density at radius 1 is 1.20 bits per heavy atom. The zero-order valence-electron chi connectivity index (χ0n) is 16.1. The number of anilines is 2. The van der Waals surface area contributed by atoms with Crippen molar-refractivity contribution in [2.75, 3.05) is 18.9 Å². The predicted octanol–water partition coefficient (Wildman–Crippen LogP) is 3.76. The molecular formula is C19H31N6+. The Labute approximate surface area is 150 Å². The first kappa shape index (κ1) is 17.9. The molecule has 1 atom stereocenters. The molecule has 2 N–H and O–H groups in total. The van der Waals surface area contributed by atoms with Crippen LogP contribution in [0, 0.1) is 0 Å². The fourth-order valence-electron chi connectivity index (χ4n) is 3.94. The van der Waals surface area contributed by atoms with Crippen molar-refractivity contribution in [3.05, 3.63) is 29.3 Å². The third-order valence-electron chi connectivity index (χ3n) is 5.60. The van der Waals surface area contributed by atoms with E-state index in [2.05, 4.69) is 50.3 Å². The van der Waals surface area contributed by atoms with Crippen molar-refractivity contribution in [2.45, 2.75) is 65.5 Å². The average Bonchev–Trinajstić information content (AvgIpc) is 3.05. The second kappa shape index (κ2) is 7.12. The quantitative estimate of drug-likeness (QED) is 0.784. The number of H-pyrrole nitrogens is 1. The van der Waals surface area contributed by atoms with Gasteiger partial charge in [-0.3, -0.25) is 5.10 Å². The molecule has 0 aliphatic carbocycles. The minimum absolute atomic E-state index is 0.429. The summed E-state index contributed by atoms with van der Waals surface area (Å²) >= 11 is 0. The number of nitrogens with zero attached hydrogens (tertiary/aromatic N) is 4. The van der Waals surface area contributed by atoms with Crippen LogP contribution in [0.15, 0.2) is 12.3 Å². The number of rotatable bonds is 6. The van der Waals surface area contributed by atoms with Crippen molar-refractivity contribution in [3.8, 4) is 0 Å². The Morgan fingerprint density at radius 2 is 1.96 bits per heavy atom. The zero-order chi connectivity index (χ0) is 18.0. The topological polar surface area (TPSA) is 66.5 Å². The van der Waals surface area contributed by atoms with Crippen LogP contribution in [0.4, 0.5) is 11.6 Å². The lowest BCUT2D eigenvalue weighted by Gasteiger charge is -2.43. The maximum absolute atomic E-state index is 4.80. The lowest BCUT2D eigenvalue weighted by molar-refractivity contribution is -0.948. The van der Waals surface area contributed by atoms with Crippen LogP contribution < -0.4 is 5.32 Å². The van der Waals surface area contributed by atoms with Gasteiger partial charge in [0.2, 0.25) is 0 Å². The molecule has 0 saturated heterocycles. The van der Waals surface area contributed by atoms with Crippen LogP contribution in [0.2, 0.25) is 0 Å². The van der Waals surface area contributed by atoms with Gasteiger partial charge in [0, 0.05) is 18.2 Å². The zero-order valence-corrected chi connectivity index (χ0v) is 16.1. The molecule has 25 heavy (non-hydrogen) atoms. The van der Waals surface area contributed by atoms with Crippen molar-refractivity contribution in [1.29, 1.82) is 0 Å². The van der Waals surface area contributed by atoms with E-state index in [1.165, 1.54) is 12.8 Å². The first-order chi connectivity index (χ1) is 11.9. The molecule has 0 saturated carbocycles. The average molecular weight is 343 g/mol. The van der Waals surface area contributed by atoms with E-state index < -0.39 is 0 Å². The number of aromatic amines is 1. The van der Waals surface area contributed by atoms with Crippen LogP contribution in [-0.4, -0.2) is 44.3 Å². The van der Waals surface area contributed by atoms with Gasteiger partial charge in [-0.1, -0.05) is 27.7 Å². The minimum Gasteiger partial charge on any atom is -0.322 e. The van der Waals surface area contributed by atoms with Gasteiger partial charge < -0.3 is 9.80 Å². The Balaban J connectivity index is 1.75. The highest BCUT2D eigenvalue weighted by Gasteiger charge is 2.35. The van der Waals surface area contributed by atoms with Crippen molar-refractivity contribution in [2.24, 2.45) is 0 Å². The summed E-state index contributed by atoms with van der Waals surface area (Å²) < 4.78 is 1.08. The molecule has 0 bridgehead atoms. The molecule has 0 fully saturated rings. The first-order valence-electron chi connectivity index (χ1n) is 9.46. The molecule has 1 aliphatic rings. The van der Waals surface area contributed by atoms with Crippen molar-refractivity contribution in [1.82, 2.24) is 20.2 Å². The number of aromatic nitrogens is 4. The molecule has 0 spiro atoms. The first-order valence-corrected chi connectivity index (χ1v) is 9.46. The lowest BCUT2D eigenvalue weighted by atomic mass is 10.0. The molecular weight excluding hydrogens is 312 g/mol. The molecule has 1 unspecified atom stereocenters. The van der Waals surface area contributed by atoms with Gasteiger partial charge in [-0.25, -0.2) is 9.97 Å². The van der Waals surface area contributed by atoms with Gasteiger partial charge in [0.25, 0.3) is 0 Å². The third-order valence-corrected chi connectivity index (χ3v) is 5.60. The molecule has 0 amide bonds. The second-order valence-electron chi connectivity index (χ2n) is 7.72. The maximum atomic E-state index is 4.80. The number of quaternary nitrogens is 1. The fraction of sp³-hybridized carbons (Fsp3) is 0.632. The van der Waals surface area contributed by atoms with E-state index in [9.17, 15) is 0 Å². The monoisotopic (exact) mass is 343 g/mol. The molecule has 1 aliphatic heterocycles. The summed E-state index contributed by atoms with van der Waals surface area (Å²) in [5, 5.41) is 10.6. The van der Waals surface area contributed by atoms with Crippen LogP contribution >= 0.6 is 0 Å². The molecule has 0 radical (unpaired) electrons. The molecule has 3 heterocycles. The highest BCUT2D eigenvalue weighted by molar-refractivity contribution is 5.51. The van der Waals surface area contributed by atoms with Gasteiger partial charge in [0.15, 0.2) is 5.82 Å². The maximum Gasteiger partial charge on any atom is 0.153 e. The third kappa shape index (κ3) is 3.68. The molecule has 2 aromatic heterocycles. The van der Waals surface area contributed by atoms with Crippen LogP contribution in [0.1, 0.15) is 63.5 Å². The van der Waals surface area contributed by atoms with Crippen LogP contribution in [0.25, 0.3) is 0 Å². The summed E-state index contributed by atoms with van der Waals surface area (Å²) in [7, 11) is 2.37. The standard InChI is InChI=1S/C19H31N6/c1-6-14(7-2)25(5)9-8-15-17(12-25)20-11-19(21-15)22-18-10-16(13(3)4)23-24-18/h10-11,13-14H,6-9,12H2,1-5H3,(H2,21,22,23,24)/q+1. The van der Waals surface area contributed by atoms with Crippen LogP contribution in [-0.2, 0) is 13.0 Å². The Morgan fingerprint density at radius 3 is 2.60 bits per heavy atom. The number of hydrogen-bond donors (Lipinski definition) is 2. The van der Waals surface area contributed by atoms with E-state index in [1.807, 2.05) is 12.3 Å². The Hall–Kier alpha value is -1.95. The largest absolute Gasteiger partial charge is 0.322 e. The van der Waals surface area contributed by atoms with Gasteiger partial charge in [0.1, 0.15) is 18.1 Å². The molecule has 0 aromatic carbocycles. The van der Waals surface area contributed by atoms with E-state index in [-0.39, 0.29) is 0 Å². The lowest BCUT2D eigenvalue weighted by Crippen LogP contribution is -2.54. The van der Waals surface area contributed by atoms with Crippen LogP contribution in [0.3, 0.4) is 0 Å². The molecule has 136 valence electrons. The molecule has 2 aromatic rings. The van der Waals surface area contributed by atoms with Gasteiger partial charge in [-0.15, -0.1) is 0 Å². The second-order valence-corrected chi connectivity index (χ2v) is 7.72. The van der Waals surface area contributed by atoms with E-state index >= 15 is 0 Å². The summed E-state index contributed by atoms with van der Waals surface area (Å²) in [6.45, 7) is 11.0. The number of nitrogens with one attached hydrogen (secondary N) is 2. The summed E-state index contributed by atoms with van der Waals surface area (Å²) in [5.41, 5.74) is 3.40. The highest BCUT2D eigenvalue weighted by Crippen LogP contribution is 2.28. The van der Waals surface area contributed by atoms with E-state index in [1.54, 1.807) is 0 Å². The molecule has 3 rings (SSSR count). The van der Waals surface area contributed by atoms with Crippen molar-refractivity contribution in [3.63, 3.8) is 0 Å². The van der Waals surface area contributed by atoms with E-state index in [0.717, 1.165) is 52.7 Å². The van der Waals surface area contributed by atoms with Gasteiger partial charge >= 0.3 is 0 Å². The van der Waals surface area contributed by atoms with Crippen molar-refractivity contribution < 1.29 is 4.48 Å². The number of likely N-dealkylation sites (N-methyl/N-ethyl adjacent to an activating group) is 1. The van der Waals surface area contributed by atoms with Gasteiger partial charge in [0.05, 0.1) is 31.5 Å².